The Hall–Kier alpha value is -1.45. The molecular formula is C6H7N3O. The van der Waals surface area contributed by atoms with Crippen LogP contribution in [0.15, 0.2) is 12.3 Å². The molecule has 0 aliphatic heterocycles. The number of rotatable bonds is 1. The minimum atomic E-state index is -0.0904. The molecule has 4 heteroatoms. The number of anilines is 1. The Morgan fingerprint density at radius 1 is 1.70 bits per heavy atom. The van der Waals surface area contributed by atoms with Gasteiger partial charge >= 0.3 is 0 Å². The summed E-state index contributed by atoms with van der Waals surface area (Å²) in [6, 6.07) is 1.55. The number of carbonyl (C=O) groups excluding carboxylic acids is 1. The lowest BCUT2D eigenvalue weighted by molar-refractivity contribution is 0.101. The van der Waals surface area contributed by atoms with E-state index < -0.39 is 0 Å². The predicted octanol–water partition coefficient (Wildman–Crippen LogP) is 0.261. The van der Waals surface area contributed by atoms with E-state index in [2.05, 4.69) is 10.2 Å². The van der Waals surface area contributed by atoms with E-state index in [1.54, 1.807) is 6.07 Å². The SMILES string of the molecule is CC(=O)c1ccnnc1N. The molecule has 0 saturated heterocycles. The molecular weight excluding hydrogens is 130 g/mol. The molecule has 0 saturated carbocycles. The standard InChI is InChI=1S/C6H7N3O/c1-4(10)5-2-3-8-9-6(5)7/h2-3H,1H3,(H2,7,9). The average molecular weight is 137 g/mol. The lowest BCUT2D eigenvalue weighted by atomic mass is 10.2. The minimum absolute atomic E-state index is 0.0904. The maximum Gasteiger partial charge on any atom is 0.163 e. The van der Waals surface area contributed by atoms with E-state index in [4.69, 9.17) is 5.73 Å². The van der Waals surface area contributed by atoms with Gasteiger partial charge in [-0.3, -0.25) is 4.79 Å². The number of nitrogens with zero attached hydrogens (tertiary/aromatic N) is 2. The van der Waals surface area contributed by atoms with Crippen LogP contribution in [-0.2, 0) is 0 Å². The highest BCUT2D eigenvalue weighted by Gasteiger charge is 2.02. The fourth-order valence-electron chi connectivity index (χ4n) is 0.640. The van der Waals surface area contributed by atoms with E-state index >= 15 is 0 Å². The third-order valence-electron chi connectivity index (χ3n) is 1.13. The van der Waals surface area contributed by atoms with E-state index in [1.807, 2.05) is 0 Å². The van der Waals surface area contributed by atoms with Crippen molar-refractivity contribution in [3.8, 4) is 0 Å². The molecule has 0 atom stereocenters. The summed E-state index contributed by atoms with van der Waals surface area (Å²) in [4.78, 5) is 10.7. The summed E-state index contributed by atoms with van der Waals surface area (Å²) in [5.74, 6) is 0.0994. The first kappa shape index (κ1) is 6.67. The molecule has 0 fully saturated rings. The second-order valence-corrected chi connectivity index (χ2v) is 1.89. The van der Waals surface area contributed by atoms with Gasteiger partial charge in [-0.25, -0.2) is 0 Å². The van der Waals surface area contributed by atoms with E-state index in [0.717, 1.165) is 0 Å². The Balaban J connectivity index is 3.15. The zero-order valence-electron chi connectivity index (χ0n) is 5.53. The Kier molecular flexibility index (Phi) is 1.62. The van der Waals surface area contributed by atoms with Crippen molar-refractivity contribution < 1.29 is 4.79 Å². The Morgan fingerprint density at radius 2 is 2.40 bits per heavy atom. The van der Waals surface area contributed by atoms with Gasteiger partial charge in [-0.2, -0.15) is 5.10 Å². The fraction of sp³-hybridized carbons (Fsp3) is 0.167. The molecule has 0 aliphatic carbocycles. The van der Waals surface area contributed by atoms with Crippen molar-refractivity contribution in [2.45, 2.75) is 6.92 Å². The number of carbonyl (C=O) groups is 1. The minimum Gasteiger partial charge on any atom is -0.382 e. The molecule has 0 aromatic carbocycles. The third-order valence-corrected chi connectivity index (χ3v) is 1.13. The number of ketones is 1. The molecule has 1 rings (SSSR count). The maximum atomic E-state index is 10.7. The zero-order valence-corrected chi connectivity index (χ0v) is 5.53. The molecule has 1 aromatic rings. The smallest absolute Gasteiger partial charge is 0.163 e. The second-order valence-electron chi connectivity index (χ2n) is 1.89. The van der Waals surface area contributed by atoms with Crippen molar-refractivity contribution in [2.24, 2.45) is 0 Å². The van der Waals surface area contributed by atoms with Gasteiger partial charge in [0.05, 0.1) is 11.8 Å². The summed E-state index contributed by atoms with van der Waals surface area (Å²) in [5.41, 5.74) is 5.75. The van der Waals surface area contributed by atoms with Crippen LogP contribution in [0.2, 0.25) is 0 Å². The molecule has 1 aromatic heterocycles. The first-order valence-electron chi connectivity index (χ1n) is 2.80. The number of nitrogens with two attached hydrogens (primary N) is 1. The van der Waals surface area contributed by atoms with Gasteiger partial charge in [0.15, 0.2) is 11.6 Å². The van der Waals surface area contributed by atoms with Gasteiger partial charge in [0, 0.05) is 0 Å². The van der Waals surface area contributed by atoms with Gasteiger partial charge in [0.25, 0.3) is 0 Å². The molecule has 0 radical (unpaired) electrons. The van der Waals surface area contributed by atoms with Crippen LogP contribution in [0, 0.1) is 0 Å². The van der Waals surface area contributed by atoms with E-state index in [1.165, 1.54) is 13.1 Å². The monoisotopic (exact) mass is 137 g/mol. The molecule has 10 heavy (non-hydrogen) atoms. The van der Waals surface area contributed by atoms with Gasteiger partial charge in [0.1, 0.15) is 0 Å². The fourth-order valence-corrected chi connectivity index (χ4v) is 0.640. The number of hydrogen-bond acceptors (Lipinski definition) is 4. The lowest BCUT2D eigenvalue weighted by Crippen LogP contribution is -2.02. The largest absolute Gasteiger partial charge is 0.382 e. The number of hydrogen-bond donors (Lipinski definition) is 1. The summed E-state index contributed by atoms with van der Waals surface area (Å²) in [5, 5.41) is 7.01. The predicted molar refractivity (Wildman–Crippen MR) is 36.4 cm³/mol. The average Bonchev–Trinajstić information content (AvgIpc) is 1.88. The lowest BCUT2D eigenvalue weighted by Gasteiger charge is -1.95. The van der Waals surface area contributed by atoms with Crippen molar-refractivity contribution >= 4 is 11.6 Å². The number of aromatic nitrogens is 2. The van der Waals surface area contributed by atoms with Crippen molar-refractivity contribution in [1.29, 1.82) is 0 Å². The van der Waals surface area contributed by atoms with Gasteiger partial charge < -0.3 is 5.73 Å². The van der Waals surface area contributed by atoms with Crippen LogP contribution in [0.25, 0.3) is 0 Å². The van der Waals surface area contributed by atoms with Crippen LogP contribution in [0.5, 0.6) is 0 Å². The molecule has 4 nitrogen and oxygen atoms in total. The molecule has 0 bridgehead atoms. The summed E-state index contributed by atoms with van der Waals surface area (Å²) < 4.78 is 0. The quantitative estimate of drug-likeness (QED) is 0.564. The zero-order chi connectivity index (χ0) is 7.56. The molecule has 0 spiro atoms. The highest BCUT2D eigenvalue weighted by Crippen LogP contribution is 2.04. The highest BCUT2D eigenvalue weighted by molar-refractivity contribution is 5.97. The van der Waals surface area contributed by atoms with Gasteiger partial charge in [-0.15, -0.1) is 5.10 Å². The maximum absolute atomic E-state index is 10.7. The van der Waals surface area contributed by atoms with Crippen LogP contribution < -0.4 is 5.73 Å². The van der Waals surface area contributed by atoms with Crippen LogP contribution >= 0.6 is 0 Å². The Bertz CT molecular complexity index is 259. The molecule has 52 valence electrons. The van der Waals surface area contributed by atoms with Crippen LogP contribution in [0.3, 0.4) is 0 Å². The normalized spacial score (nSPS) is 9.30. The molecule has 0 amide bonds. The summed E-state index contributed by atoms with van der Waals surface area (Å²) in [7, 11) is 0. The number of nitrogen functional groups attached to an aromatic ring is 1. The molecule has 1 heterocycles. The van der Waals surface area contributed by atoms with Gasteiger partial charge in [0.2, 0.25) is 0 Å². The first-order valence-corrected chi connectivity index (χ1v) is 2.80. The Labute approximate surface area is 58.1 Å². The van der Waals surface area contributed by atoms with Gasteiger partial charge in [-0.1, -0.05) is 0 Å². The second kappa shape index (κ2) is 2.43. The summed E-state index contributed by atoms with van der Waals surface area (Å²) >= 11 is 0. The van der Waals surface area contributed by atoms with E-state index in [0.29, 0.717) is 5.56 Å². The number of Topliss-reactive ketones (excluding diaryl/α,β-unsaturated/α-hetero) is 1. The molecule has 0 aliphatic rings. The van der Waals surface area contributed by atoms with E-state index in [9.17, 15) is 4.79 Å². The first-order chi connectivity index (χ1) is 4.72. The van der Waals surface area contributed by atoms with Crippen LogP contribution in [0.4, 0.5) is 5.82 Å². The summed E-state index contributed by atoms with van der Waals surface area (Å²) in [6.45, 7) is 1.44. The summed E-state index contributed by atoms with van der Waals surface area (Å²) in [6.07, 6.45) is 1.44. The van der Waals surface area contributed by atoms with Crippen molar-refractivity contribution in [3.63, 3.8) is 0 Å². The third kappa shape index (κ3) is 1.10. The molecule has 2 N–H and O–H groups in total. The Morgan fingerprint density at radius 3 is 2.80 bits per heavy atom. The van der Waals surface area contributed by atoms with Crippen LogP contribution in [0.1, 0.15) is 17.3 Å². The molecule has 0 unspecified atom stereocenters. The van der Waals surface area contributed by atoms with Crippen LogP contribution in [-0.4, -0.2) is 16.0 Å². The highest BCUT2D eigenvalue weighted by atomic mass is 16.1. The van der Waals surface area contributed by atoms with E-state index in [-0.39, 0.29) is 11.6 Å². The van der Waals surface area contributed by atoms with Crippen molar-refractivity contribution in [2.75, 3.05) is 5.73 Å². The van der Waals surface area contributed by atoms with Gasteiger partial charge in [-0.05, 0) is 13.0 Å². The van der Waals surface area contributed by atoms with Crippen molar-refractivity contribution in [1.82, 2.24) is 10.2 Å². The van der Waals surface area contributed by atoms with Crippen molar-refractivity contribution in [3.05, 3.63) is 17.8 Å². The topological polar surface area (TPSA) is 68.9 Å².